The Hall–Kier alpha value is -3.36. The molecule has 1 atom stereocenters. The topological polar surface area (TPSA) is 125 Å². The zero-order valence-corrected chi connectivity index (χ0v) is 16.7. The molecule has 1 aliphatic heterocycles. The second kappa shape index (κ2) is 9.22. The molecule has 9 nitrogen and oxygen atoms in total. The van der Waals surface area contributed by atoms with Crippen molar-refractivity contribution in [1.29, 1.82) is 0 Å². The normalized spacial score (nSPS) is 16.2. The largest absolute Gasteiger partial charge is 0.370 e. The number of nitrogens with two attached hydrogens (primary N) is 1. The maximum atomic E-state index is 12.2. The van der Waals surface area contributed by atoms with Gasteiger partial charge in [-0.05, 0) is 50.5 Å². The molecule has 1 aliphatic rings. The van der Waals surface area contributed by atoms with E-state index in [4.69, 9.17) is 5.73 Å². The molecule has 9 heteroatoms. The highest BCUT2D eigenvalue weighted by Gasteiger charge is 2.28. The number of hydrogen-bond donors (Lipinski definition) is 4. The van der Waals surface area contributed by atoms with Gasteiger partial charge in [0, 0.05) is 37.7 Å². The lowest BCUT2D eigenvalue weighted by Crippen LogP contribution is -2.48. The van der Waals surface area contributed by atoms with Crippen LogP contribution < -0.4 is 26.6 Å². The molecular formula is C20H27N7O2. The molecule has 1 unspecified atom stereocenters. The lowest BCUT2D eigenvalue weighted by molar-refractivity contribution is -0.122. The van der Waals surface area contributed by atoms with Crippen molar-refractivity contribution >= 4 is 35.0 Å². The predicted molar refractivity (Wildman–Crippen MR) is 113 cm³/mol. The summed E-state index contributed by atoms with van der Waals surface area (Å²) in [7, 11) is 1.67. The summed E-state index contributed by atoms with van der Waals surface area (Å²) in [5, 5.41) is 8.91. The number of piperidine rings is 1. The number of hydrogen-bond acceptors (Lipinski definition) is 7. The summed E-state index contributed by atoms with van der Waals surface area (Å²) in [6.07, 6.45) is 4.39. The number of nitrogens with zero attached hydrogens (tertiary/aromatic N) is 3. The van der Waals surface area contributed by atoms with Crippen LogP contribution in [0.4, 0.5) is 23.1 Å². The zero-order valence-electron chi connectivity index (χ0n) is 16.7. The molecule has 0 radical (unpaired) electrons. The quantitative estimate of drug-likeness (QED) is 0.562. The molecule has 1 aromatic heterocycles. The second-order valence-corrected chi connectivity index (χ2v) is 6.84. The van der Waals surface area contributed by atoms with E-state index in [1.165, 1.54) is 6.20 Å². The van der Waals surface area contributed by atoms with Gasteiger partial charge in [0.15, 0.2) is 0 Å². The molecule has 1 fully saturated rings. The van der Waals surface area contributed by atoms with Crippen LogP contribution in [-0.4, -0.2) is 48.0 Å². The van der Waals surface area contributed by atoms with Gasteiger partial charge < -0.3 is 26.6 Å². The first-order valence-corrected chi connectivity index (χ1v) is 9.79. The second-order valence-electron chi connectivity index (χ2n) is 6.84. The van der Waals surface area contributed by atoms with Crippen LogP contribution in [0.5, 0.6) is 0 Å². The fourth-order valence-corrected chi connectivity index (χ4v) is 3.47. The van der Waals surface area contributed by atoms with Crippen LogP contribution in [0.1, 0.15) is 36.5 Å². The van der Waals surface area contributed by atoms with Crippen LogP contribution in [0.3, 0.4) is 0 Å². The fraction of sp³-hybridized carbons (Fsp3) is 0.400. The molecule has 1 saturated heterocycles. The molecular weight excluding hydrogens is 370 g/mol. The minimum atomic E-state index is -0.580. The van der Waals surface area contributed by atoms with E-state index in [0.29, 0.717) is 18.3 Å². The SMILES string of the molecule is CCNc1nc(Nc2ccc(N3CCCCC3C(=O)NC)cc2)ncc1C(N)=O. The van der Waals surface area contributed by atoms with Crippen LogP contribution >= 0.6 is 0 Å². The van der Waals surface area contributed by atoms with E-state index in [9.17, 15) is 9.59 Å². The third-order valence-corrected chi connectivity index (χ3v) is 4.91. The van der Waals surface area contributed by atoms with Gasteiger partial charge in [-0.25, -0.2) is 4.98 Å². The van der Waals surface area contributed by atoms with E-state index in [0.717, 1.165) is 37.2 Å². The van der Waals surface area contributed by atoms with Gasteiger partial charge in [0.05, 0.1) is 5.56 Å². The molecule has 0 saturated carbocycles. The Bertz CT molecular complexity index is 870. The number of nitrogens with one attached hydrogen (secondary N) is 3. The number of benzene rings is 1. The first kappa shape index (κ1) is 20.4. The van der Waals surface area contributed by atoms with Gasteiger partial charge in [0.2, 0.25) is 11.9 Å². The molecule has 2 amide bonds. The van der Waals surface area contributed by atoms with E-state index in [2.05, 4.69) is 30.8 Å². The molecule has 29 heavy (non-hydrogen) atoms. The lowest BCUT2D eigenvalue weighted by Gasteiger charge is -2.36. The molecule has 0 aliphatic carbocycles. The number of likely N-dealkylation sites (N-methyl/N-ethyl adjacent to an activating group) is 1. The molecule has 3 rings (SSSR count). The highest BCUT2D eigenvalue weighted by molar-refractivity contribution is 5.97. The van der Waals surface area contributed by atoms with Gasteiger partial charge in [-0.1, -0.05) is 0 Å². The number of aromatic nitrogens is 2. The van der Waals surface area contributed by atoms with Gasteiger partial charge >= 0.3 is 0 Å². The van der Waals surface area contributed by atoms with E-state index in [1.807, 2.05) is 31.2 Å². The number of carbonyl (C=O) groups excluding carboxylic acids is 2. The van der Waals surface area contributed by atoms with Crippen molar-refractivity contribution in [2.24, 2.45) is 5.73 Å². The molecule has 0 spiro atoms. The Morgan fingerprint density at radius 1 is 1.24 bits per heavy atom. The minimum absolute atomic E-state index is 0.0470. The monoisotopic (exact) mass is 397 g/mol. The number of amides is 2. The van der Waals surface area contributed by atoms with Crippen LogP contribution in [-0.2, 0) is 4.79 Å². The summed E-state index contributed by atoms with van der Waals surface area (Å²) in [6.45, 7) is 3.37. The molecule has 1 aromatic carbocycles. The smallest absolute Gasteiger partial charge is 0.254 e. The van der Waals surface area contributed by atoms with Crippen molar-refractivity contribution < 1.29 is 9.59 Å². The van der Waals surface area contributed by atoms with Crippen molar-refractivity contribution in [3.8, 4) is 0 Å². The van der Waals surface area contributed by atoms with Crippen LogP contribution in [0.2, 0.25) is 0 Å². The van der Waals surface area contributed by atoms with E-state index in [-0.39, 0.29) is 17.5 Å². The Morgan fingerprint density at radius 2 is 2.00 bits per heavy atom. The zero-order chi connectivity index (χ0) is 20.8. The van der Waals surface area contributed by atoms with Gasteiger partial charge in [-0.2, -0.15) is 4.98 Å². The standard InChI is InChI=1S/C20H27N7O2/c1-3-23-18-15(17(21)28)12-24-20(26-18)25-13-7-9-14(10-8-13)27-11-5-4-6-16(27)19(29)22-2/h7-10,12,16H,3-6,11H2,1-2H3,(H2,21,28)(H,22,29)(H2,23,24,25,26). The van der Waals surface area contributed by atoms with Crippen LogP contribution in [0, 0.1) is 0 Å². The third kappa shape index (κ3) is 4.74. The molecule has 2 heterocycles. The Morgan fingerprint density at radius 3 is 2.66 bits per heavy atom. The molecule has 154 valence electrons. The van der Waals surface area contributed by atoms with Crippen molar-refractivity contribution in [1.82, 2.24) is 15.3 Å². The fourth-order valence-electron chi connectivity index (χ4n) is 3.47. The summed E-state index contributed by atoms with van der Waals surface area (Å²) < 4.78 is 0. The Labute approximate surface area is 170 Å². The van der Waals surface area contributed by atoms with Crippen LogP contribution in [0.15, 0.2) is 30.5 Å². The predicted octanol–water partition coefficient (Wildman–Crippen LogP) is 1.86. The summed E-state index contributed by atoms with van der Waals surface area (Å²) in [5.41, 5.74) is 7.42. The third-order valence-electron chi connectivity index (χ3n) is 4.91. The first-order valence-electron chi connectivity index (χ1n) is 9.79. The number of primary amides is 1. The summed E-state index contributed by atoms with van der Waals surface area (Å²) in [4.78, 5) is 34.4. The van der Waals surface area contributed by atoms with Crippen molar-refractivity contribution in [2.45, 2.75) is 32.2 Å². The van der Waals surface area contributed by atoms with Crippen molar-refractivity contribution in [2.75, 3.05) is 35.7 Å². The van der Waals surface area contributed by atoms with Gasteiger partial charge in [0.25, 0.3) is 5.91 Å². The Kier molecular flexibility index (Phi) is 6.48. The Balaban J connectivity index is 1.76. The van der Waals surface area contributed by atoms with Gasteiger partial charge in [0.1, 0.15) is 11.9 Å². The number of anilines is 4. The summed E-state index contributed by atoms with van der Waals surface area (Å²) in [6, 6.07) is 7.66. The van der Waals surface area contributed by atoms with Crippen molar-refractivity contribution in [3.63, 3.8) is 0 Å². The highest BCUT2D eigenvalue weighted by Crippen LogP contribution is 2.27. The minimum Gasteiger partial charge on any atom is -0.370 e. The van der Waals surface area contributed by atoms with Crippen LogP contribution in [0.25, 0.3) is 0 Å². The maximum Gasteiger partial charge on any atom is 0.254 e. The molecule has 0 bridgehead atoms. The van der Waals surface area contributed by atoms with E-state index in [1.54, 1.807) is 7.05 Å². The molecule has 5 N–H and O–H groups in total. The molecule has 2 aromatic rings. The average molecular weight is 397 g/mol. The van der Waals surface area contributed by atoms with E-state index >= 15 is 0 Å². The number of rotatable bonds is 7. The highest BCUT2D eigenvalue weighted by atomic mass is 16.2. The lowest BCUT2D eigenvalue weighted by atomic mass is 10.0. The maximum absolute atomic E-state index is 12.2. The first-order chi connectivity index (χ1) is 14.0. The number of carbonyl (C=O) groups is 2. The van der Waals surface area contributed by atoms with Gasteiger partial charge in [-0.3, -0.25) is 9.59 Å². The average Bonchev–Trinajstić information content (AvgIpc) is 2.74. The van der Waals surface area contributed by atoms with E-state index < -0.39 is 5.91 Å². The summed E-state index contributed by atoms with van der Waals surface area (Å²) in [5.74, 6) is 0.227. The van der Waals surface area contributed by atoms with Gasteiger partial charge in [-0.15, -0.1) is 0 Å². The summed E-state index contributed by atoms with van der Waals surface area (Å²) >= 11 is 0. The van der Waals surface area contributed by atoms with Crippen molar-refractivity contribution in [3.05, 3.63) is 36.0 Å².